The molecule has 4 rings (SSSR count). The van der Waals surface area contributed by atoms with Crippen molar-refractivity contribution >= 4 is 67.1 Å². The summed E-state index contributed by atoms with van der Waals surface area (Å²) in [5.74, 6) is 0.595. The molecule has 0 saturated carbocycles. The first-order chi connectivity index (χ1) is 15.1. The van der Waals surface area contributed by atoms with Crippen LogP contribution in [0.5, 0.6) is 0 Å². The number of hydrazone groups is 1. The number of carbonyl (C=O) groups is 1. The van der Waals surface area contributed by atoms with Crippen LogP contribution in [-0.4, -0.2) is 37.6 Å². The molecule has 7 nitrogen and oxygen atoms in total. The van der Waals surface area contributed by atoms with E-state index >= 15 is 0 Å². The Labute approximate surface area is 203 Å². The molecule has 0 saturated heterocycles. The molecule has 0 atom stereocenters. The van der Waals surface area contributed by atoms with Gasteiger partial charge >= 0.3 is 0 Å². The van der Waals surface area contributed by atoms with Gasteiger partial charge in [0.2, 0.25) is 0 Å². The highest BCUT2D eigenvalue weighted by Crippen LogP contribution is 2.28. The Morgan fingerprint density at radius 2 is 1.87 bits per heavy atom. The van der Waals surface area contributed by atoms with Crippen molar-refractivity contribution in [2.45, 2.75) is 5.16 Å². The average Bonchev–Trinajstić information content (AvgIpc) is 3.39. The first-order valence-electron chi connectivity index (χ1n) is 8.92. The third-order valence-corrected chi connectivity index (χ3v) is 6.98. The number of rotatable bonds is 7. The standard InChI is InChI=1S/C20H14Br2N6OS2/c21-14-1-3-15(4-2-14)28-19(13-7-9-23-10-8-13)26-27-20(28)30-12-18(29)25-24-11-16-5-6-17(22)31-16/h1-11H,12H2,(H,25,29)/b24-11-. The Balaban J connectivity index is 1.51. The van der Waals surface area contributed by atoms with Gasteiger partial charge in [-0.05, 0) is 64.5 Å². The van der Waals surface area contributed by atoms with Crippen molar-refractivity contribution in [3.05, 3.63) is 74.1 Å². The summed E-state index contributed by atoms with van der Waals surface area (Å²) >= 11 is 9.68. The number of halogens is 2. The van der Waals surface area contributed by atoms with Crippen molar-refractivity contribution in [3.63, 3.8) is 0 Å². The molecule has 4 aromatic rings. The van der Waals surface area contributed by atoms with Gasteiger partial charge in [-0.15, -0.1) is 21.5 Å². The summed E-state index contributed by atoms with van der Waals surface area (Å²) in [5, 5.41) is 13.3. The molecule has 1 amide bonds. The fourth-order valence-electron chi connectivity index (χ4n) is 2.60. The monoisotopic (exact) mass is 576 g/mol. The molecule has 1 aromatic carbocycles. The molecule has 0 aliphatic rings. The molecule has 0 bridgehead atoms. The van der Waals surface area contributed by atoms with Crippen molar-refractivity contribution in [3.8, 4) is 17.1 Å². The lowest BCUT2D eigenvalue weighted by Gasteiger charge is -2.10. The minimum Gasteiger partial charge on any atom is -0.272 e. The second-order valence-electron chi connectivity index (χ2n) is 6.08. The summed E-state index contributed by atoms with van der Waals surface area (Å²) in [6, 6.07) is 15.4. The number of aromatic nitrogens is 4. The number of amides is 1. The highest BCUT2D eigenvalue weighted by molar-refractivity contribution is 9.11. The van der Waals surface area contributed by atoms with Gasteiger partial charge in [0.25, 0.3) is 5.91 Å². The number of thioether (sulfide) groups is 1. The van der Waals surface area contributed by atoms with Crippen LogP contribution in [0.1, 0.15) is 4.88 Å². The lowest BCUT2D eigenvalue weighted by molar-refractivity contribution is -0.118. The molecule has 156 valence electrons. The van der Waals surface area contributed by atoms with Crippen molar-refractivity contribution in [2.24, 2.45) is 5.10 Å². The minimum atomic E-state index is -0.229. The number of hydrogen-bond acceptors (Lipinski definition) is 7. The maximum absolute atomic E-state index is 12.3. The molecule has 11 heteroatoms. The summed E-state index contributed by atoms with van der Waals surface area (Å²) < 4.78 is 3.90. The predicted octanol–water partition coefficient (Wildman–Crippen LogP) is 5.16. The van der Waals surface area contributed by atoms with Crippen molar-refractivity contribution < 1.29 is 4.79 Å². The van der Waals surface area contributed by atoms with E-state index < -0.39 is 0 Å². The molecule has 0 fully saturated rings. The molecule has 31 heavy (non-hydrogen) atoms. The lowest BCUT2D eigenvalue weighted by atomic mass is 10.2. The van der Waals surface area contributed by atoms with Gasteiger partial charge in [-0.25, -0.2) is 5.43 Å². The Morgan fingerprint density at radius 3 is 2.58 bits per heavy atom. The normalized spacial score (nSPS) is 11.2. The van der Waals surface area contributed by atoms with E-state index in [1.807, 2.05) is 53.1 Å². The average molecular weight is 578 g/mol. The summed E-state index contributed by atoms with van der Waals surface area (Å²) in [6.45, 7) is 0. The molecule has 0 spiro atoms. The molecule has 1 N–H and O–H groups in total. The number of thiophene rings is 1. The fourth-order valence-corrected chi connectivity index (χ4v) is 4.91. The maximum Gasteiger partial charge on any atom is 0.250 e. The van der Waals surface area contributed by atoms with Crippen LogP contribution in [0.15, 0.2) is 79.4 Å². The van der Waals surface area contributed by atoms with Gasteiger partial charge in [0.05, 0.1) is 15.8 Å². The van der Waals surface area contributed by atoms with E-state index in [2.05, 4.69) is 57.6 Å². The first kappa shape index (κ1) is 21.9. The van der Waals surface area contributed by atoms with Crippen LogP contribution in [-0.2, 0) is 4.79 Å². The van der Waals surface area contributed by atoms with Crippen LogP contribution in [0, 0.1) is 0 Å². The molecular formula is C20H14Br2N6OS2. The van der Waals surface area contributed by atoms with Gasteiger partial charge in [0, 0.05) is 33.0 Å². The number of benzene rings is 1. The van der Waals surface area contributed by atoms with E-state index in [4.69, 9.17) is 0 Å². The van der Waals surface area contributed by atoms with Crippen LogP contribution < -0.4 is 5.43 Å². The maximum atomic E-state index is 12.3. The smallest absolute Gasteiger partial charge is 0.250 e. The number of nitrogens with zero attached hydrogens (tertiary/aromatic N) is 5. The van der Waals surface area contributed by atoms with Gasteiger partial charge in [-0.1, -0.05) is 27.7 Å². The van der Waals surface area contributed by atoms with Crippen LogP contribution in [0.3, 0.4) is 0 Å². The third-order valence-electron chi connectivity index (χ3n) is 3.96. The number of pyridine rings is 1. The molecular weight excluding hydrogens is 564 g/mol. The zero-order valence-corrected chi connectivity index (χ0v) is 20.6. The van der Waals surface area contributed by atoms with E-state index in [9.17, 15) is 4.79 Å². The lowest BCUT2D eigenvalue weighted by Crippen LogP contribution is -2.19. The van der Waals surface area contributed by atoms with Gasteiger partial charge < -0.3 is 0 Å². The Bertz CT molecular complexity index is 1210. The van der Waals surface area contributed by atoms with E-state index in [0.29, 0.717) is 11.0 Å². The highest BCUT2D eigenvalue weighted by Gasteiger charge is 2.17. The predicted molar refractivity (Wildman–Crippen MR) is 131 cm³/mol. The van der Waals surface area contributed by atoms with Gasteiger partial charge in [0.1, 0.15) is 0 Å². The Morgan fingerprint density at radius 1 is 1.10 bits per heavy atom. The Hall–Kier alpha value is -2.34. The molecule has 3 aromatic heterocycles. The zero-order valence-electron chi connectivity index (χ0n) is 15.8. The van der Waals surface area contributed by atoms with Crippen molar-refractivity contribution in [1.29, 1.82) is 0 Å². The van der Waals surface area contributed by atoms with Crippen LogP contribution in [0.25, 0.3) is 17.1 Å². The molecule has 0 aliphatic heterocycles. The first-order valence-corrected chi connectivity index (χ1v) is 12.3. The summed E-state index contributed by atoms with van der Waals surface area (Å²) in [7, 11) is 0. The van der Waals surface area contributed by atoms with E-state index in [1.165, 1.54) is 23.1 Å². The molecule has 3 heterocycles. The van der Waals surface area contributed by atoms with Crippen LogP contribution >= 0.6 is 55.0 Å². The molecule has 0 aliphatic carbocycles. The number of hydrogen-bond donors (Lipinski definition) is 1. The third kappa shape index (κ3) is 5.67. The summed E-state index contributed by atoms with van der Waals surface area (Å²) in [4.78, 5) is 17.3. The van der Waals surface area contributed by atoms with E-state index in [1.54, 1.807) is 18.6 Å². The molecule has 0 radical (unpaired) electrons. The van der Waals surface area contributed by atoms with Gasteiger partial charge in [-0.2, -0.15) is 5.10 Å². The highest BCUT2D eigenvalue weighted by atomic mass is 79.9. The largest absolute Gasteiger partial charge is 0.272 e. The summed E-state index contributed by atoms with van der Waals surface area (Å²) in [6.07, 6.45) is 5.03. The summed E-state index contributed by atoms with van der Waals surface area (Å²) in [5.41, 5.74) is 4.32. The number of carbonyl (C=O) groups excluding carboxylic acids is 1. The topological polar surface area (TPSA) is 85.1 Å². The van der Waals surface area contributed by atoms with Crippen molar-refractivity contribution in [2.75, 3.05) is 5.75 Å². The van der Waals surface area contributed by atoms with Gasteiger partial charge in [0.15, 0.2) is 11.0 Å². The quantitative estimate of drug-likeness (QED) is 0.186. The zero-order chi connectivity index (χ0) is 21.6. The van der Waals surface area contributed by atoms with E-state index in [-0.39, 0.29) is 11.7 Å². The number of nitrogens with one attached hydrogen (secondary N) is 1. The fraction of sp³-hybridized carbons (Fsp3) is 0.0500. The van der Waals surface area contributed by atoms with Crippen LogP contribution in [0.2, 0.25) is 0 Å². The van der Waals surface area contributed by atoms with Crippen molar-refractivity contribution in [1.82, 2.24) is 25.2 Å². The van der Waals surface area contributed by atoms with Crippen LogP contribution in [0.4, 0.5) is 0 Å². The second kappa shape index (κ2) is 10.3. The minimum absolute atomic E-state index is 0.149. The van der Waals surface area contributed by atoms with E-state index in [0.717, 1.165) is 24.4 Å². The molecule has 0 unspecified atom stereocenters. The van der Waals surface area contributed by atoms with Gasteiger partial charge in [-0.3, -0.25) is 14.3 Å². The second-order valence-corrected chi connectivity index (χ2v) is 10.4. The SMILES string of the molecule is O=C(CSc1nnc(-c2ccncc2)n1-c1ccc(Br)cc1)N/N=C\c1ccc(Br)s1. The Kier molecular flexibility index (Phi) is 7.28.